The first kappa shape index (κ1) is 24.7. The van der Waals surface area contributed by atoms with Crippen molar-refractivity contribution in [2.45, 2.75) is 25.9 Å². The van der Waals surface area contributed by atoms with Crippen LogP contribution in [0.15, 0.2) is 90.4 Å². The summed E-state index contributed by atoms with van der Waals surface area (Å²) < 4.78 is 9.03. The maximum atomic E-state index is 14.1. The number of urea groups is 1. The number of para-hydroxylation sites is 1. The third-order valence-electron chi connectivity index (χ3n) is 6.96. The van der Waals surface area contributed by atoms with Gasteiger partial charge in [-0.3, -0.25) is 0 Å². The zero-order chi connectivity index (χ0) is 26.9. The number of ether oxygens (including phenoxy) is 1. The number of aryl methyl sites for hydroxylation is 1. The molecule has 5 aromatic rings. The van der Waals surface area contributed by atoms with E-state index in [1.165, 1.54) is 18.4 Å². The van der Waals surface area contributed by atoms with Crippen molar-refractivity contribution in [2.24, 2.45) is 0 Å². The molecule has 0 bridgehead atoms. The van der Waals surface area contributed by atoms with Crippen LogP contribution in [0, 0.1) is 0 Å². The van der Waals surface area contributed by atoms with Crippen molar-refractivity contribution in [2.75, 3.05) is 12.4 Å². The maximum Gasteiger partial charge on any atom is 0.350 e. The Balaban J connectivity index is 1.53. The van der Waals surface area contributed by atoms with Crippen LogP contribution in [-0.2, 0) is 17.7 Å². The van der Waals surface area contributed by atoms with Gasteiger partial charge in [-0.25, -0.2) is 14.3 Å². The second-order valence-electron chi connectivity index (χ2n) is 9.18. The third kappa shape index (κ3) is 4.30. The summed E-state index contributed by atoms with van der Waals surface area (Å²) >= 11 is 1.23. The van der Waals surface area contributed by atoms with E-state index in [4.69, 9.17) is 9.84 Å². The Morgan fingerprint density at radius 3 is 2.49 bits per heavy atom. The van der Waals surface area contributed by atoms with Crippen LogP contribution in [0.25, 0.3) is 11.5 Å². The lowest BCUT2D eigenvalue weighted by Gasteiger charge is -2.31. The third-order valence-corrected chi connectivity index (χ3v) is 7.85. The first-order valence-electron chi connectivity index (χ1n) is 12.7. The zero-order valence-corrected chi connectivity index (χ0v) is 22.4. The number of benzene rings is 2. The SMILES string of the molecule is CCc1nn(-c2ccccc2)c2c1CN(C(=O)Nc1ccsc1C(=O)OC)[C@@H](c1ccccc1)c1cccn1-2. The molecule has 39 heavy (non-hydrogen) atoms. The second-order valence-corrected chi connectivity index (χ2v) is 10.1. The van der Waals surface area contributed by atoms with E-state index in [9.17, 15) is 9.59 Å². The molecule has 2 amide bonds. The molecule has 0 saturated carbocycles. The second kappa shape index (κ2) is 10.3. The molecule has 2 aromatic carbocycles. The molecule has 1 aliphatic rings. The van der Waals surface area contributed by atoms with Crippen molar-refractivity contribution in [1.82, 2.24) is 19.2 Å². The van der Waals surface area contributed by atoms with Crippen molar-refractivity contribution in [3.05, 3.63) is 118 Å². The number of amides is 2. The number of carbonyl (C=O) groups is 2. The van der Waals surface area contributed by atoms with Gasteiger partial charge in [-0.2, -0.15) is 5.10 Å². The number of rotatable bonds is 5. The van der Waals surface area contributed by atoms with Crippen molar-refractivity contribution in [1.29, 1.82) is 0 Å². The monoisotopic (exact) mass is 537 g/mol. The number of hydrogen-bond donors (Lipinski definition) is 1. The predicted molar refractivity (Wildman–Crippen MR) is 151 cm³/mol. The minimum absolute atomic E-state index is 0.317. The van der Waals surface area contributed by atoms with Gasteiger partial charge in [0.15, 0.2) is 0 Å². The van der Waals surface area contributed by atoms with Crippen LogP contribution in [0.5, 0.6) is 0 Å². The van der Waals surface area contributed by atoms with Gasteiger partial charge in [0.25, 0.3) is 0 Å². The van der Waals surface area contributed by atoms with Gasteiger partial charge in [0.2, 0.25) is 0 Å². The maximum absolute atomic E-state index is 14.1. The van der Waals surface area contributed by atoms with Gasteiger partial charge < -0.3 is 19.5 Å². The summed E-state index contributed by atoms with van der Waals surface area (Å²) in [5, 5.41) is 9.75. The number of fused-ring (bicyclic) bond motifs is 3. The highest BCUT2D eigenvalue weighted by Gasteiger charge is 2.36. The summed E-state index contributed by atoms with van der Waals surface area (Å²) in [6.07, 6.45) is 2.74. The fourth-order valence-corrected chi connectivity index (χ4v) is 5.95. The van der Waals surface area contributed by atoms with Crippen LogP contribution in [0.1, 0.15) is 45.2 Å². The highest BCUT2D eigenvalue weighted by Crippen LogP contribution is 2.39. The fourth-order valence-electron chi connectivity index (χ4n) is 5.18. The summed E-state index contributed by atoms with van der Waals surface area (Å²) in [5.74, 6) is 0.435. The van der Waals surface area contributed by atoms with Crippen LogP contribution in [-0.4, -0.2) is 38.4 Å². The molecule has 6 rings (SSSR count). The molecule has 0 radical (unpaired) electrons. The molecule has 0 fully saturated rings. The Labute approximate surface area is 230 Å². The molecule has 4 heterocycles. The molecular weight excluding hydrogens is 510 g/mol. The highest BCUT2D eigenvalue weighted by molar-refractivity contribution is 7.12. The fraction of sp³-hybridized carbons (Fsp3) is 0.167. The lowest BCUT2D eigenvalue weighted by Crippen LogP contribution is -2.38. The van der Waals surface area contributed by atoms with E-state index in [0.29, 0.717) is 23.5 Å². The smallest absolute Gasteiger partial charge is 0.350 e. The number of anilines is 1. The average molecular weight is 538 g/mol. The van der Waals surface area contributed by atoms with Gasteiger partial charge in [-0.15, -0.1) is 11.3 Å². The zero-order valence-electron chi connectivity index (χ0n) is 21.6. The van der Waals surface area contributed by atoms with Crippen molar-refractivity contribution < 1.29 is 14.3 Å². The quantitative estimate of drug-likeness (QED) is 0.270. The Morgan fingerprint density at radius 2 is 1.77 bits per heavy atom. The molecule has 1 aliphatic heterocycles. The number of carbonyl (C=O) groups excluding carboxylic acids is 2. The van der Waals surface area contributed by atoms with Crippen LogP contribution in [0.3, 0.4) is 0 Å². The molecule has 196 valence electrons. The number of nitrogens with zero attached hydrogens (tertiary/aromatic N) is 4. The van der Waals surface area contributed by atoms with Gasteiger partial charge in [0.1, 0.15) is 10.7 Å². The Hall–Kier alpha value is -4.63. The van der Waals surface area contributed by atoms with Crippen LogP contribution in [0.2, 0.25) is 0 Å². The Kier molecular flexibility index (Phi) is 6.50. The van der Waals surface area contributed by atoms with Gasteiger partial charge in [-0.1, -0.05) is 55.5 Å². The van der Waals surface area contributed by atoms with Gasteiger partial charge in [-0.05, 0) is 47.7 Å². The Morgan fingerprint density at radius 1 is 1.03 bits per heavy atom. The van der Waals surface area contributed by atoms with E-state index < -0.39 is 5.97 Å². The summed E-state index contributed by atoms with van der Waals surface area (Å²) in [6, 6.07) is 25.1. The summed E-state index contributed by atoms with van der Waals surface area (Å²) in [7, 11) is 1.33. The molecule has 0 spiro atoms. The van der Waals surface area contributed by atoms with Crippen molar-refractivity contribution >= 4 is 29.0 Å². The first-order valence-corrected chi connectivity index (χ1v) is 13.6. The summed E-state index contributed by atoms with van der Waals surface area (Å²) in [5.41, 5.74) is 5.20. The van der Waals surface area contributed by atoms with Gasteiger partial charge in [0, 0.05) is 11.8 Å². The van der Waals surface area contributed by atoms with Crippen LogP contribution in [0.4, 0.5) is 10.5 Å². The summed E-state index contributed by atoms with van der Waals surface area (Å²) in [4.78, 5) is 28.6. The minimum Gasteiger partial charge on any atom is -0.465 e. The lowest BCUT2D eigenvalue weighted by atomic mass is 10.0. The van der Waals surface area contributed by atoms with Crippen LogP contribution >= 0.6 is 11.3 Å². The molecule has 1 atom stereocenters. The molecule has 0 unspecified atom stereocenters. The molecule has 0 saturated heterocycles. The predicted octanol–water partition coefficient (Wildman–Crippen LogP) is 6.21. The van der Waals surface area contributed by atoms with E-state index in [1.807, 2.05) is 88.6 Å². The first-order chi connectivity index (χ1) is 19.1. The van der Waals surface area contributed by atoms with Gasteiger partial charge >= 0.3 is 12.0 Å². The normalized spacial score (nSPS) is 14.3. The van der Waals surface area contributed by atoms with Crippen LogP contribution < -0.4 is 5.32 Å². The molecule has 3 aromatic heterocycles. The van der Waals surface area contributed by atoms with Crippen molar-refractivity contribution in [3.8, 4) is 11.5 Å². The molecule has 9 heteroatoms. The number of nitrogens with one attached hydrogen (secondary N) is 1. The largest absolute Gasteiger partial charge is 0.465 e. The number of esters is 1. The Bertz CT molecular complexity index is 1640. The minimum atomic E-state index is -0.482. The van der Waals surface area contributed by atoms with E-state index in [2.05, 4.69) is 16.8 Å². The molecule has 8 nitrogen and oxygen atoms in total. The number of methoxy groups -OCH3 is 1. The topological polar surface area (TPSA) is 81.4 Å². The van der Waals surface area contributed by atoms with Crippen molar-refractivity contribution in [3.63, 3.8) is 0 Å². The highest BCUT2D eigenvalue weighted by atomic mass is 32.1. The van der Waals surface area contributed by atoms with Gasteiger partial charge in [0.05, 0.1) is 42.5 Å². The van der Waals surface area contributed by atoms with E-state index in [-0.39, 0.29) is 12.1 Å². The van der Waals surface area contributed by atoms with E-state index in [0.717, 1.165) is 34.0 Å². The number of thiophene rings is 1. The molecular formula is C30H27N5O3S. The molecule has 0 aliphatic carbocycles. The summed E-state index contributed by atoms with van der Waals surface area (Å²) in [6.45, 7) is 2.41. The van der Waals surface area contributed by atoms with E-state index >= 15 is 0 Å². The number of hydrogen-bond acceptors (Lipinski definition) is 5. The standard InChI is InChI=1S/C30H27N5O3S/c1-3-23-22-19-34(30(37)31-24-16-18-39-27(24)29(36)38-2)26(20-11-6-4-7-12-20)25-15-10-17-33(25)28(22)35(32-23)21-13-8-5-9-14-21/h4-18,26H,3,19H2,1-2H3,(H,31,37)/t26-/m0/s1. The molecule has 1 N–H and O–H groups in total. The lowest BCUT2D eigenvalue weighted by molar-refractivity contribution is 0.0607. The van der Waals surface area contributed by atoms with E-state index in [1.54, 1.807) is 11.4 Å². The average Bonchev–Trinajstić information content (AvgIpc) is 3.70. The number of aromatic nitrogens is 3.